The molecule has 3 rings (SSSR count). The number of nitrogens with one attached hydrogen (secondary N) is 1. The van der Waals surface area contributed by atoms with E-state index in [4.69, 9.17) is 0 Å². The van der Waals surface area contributed by atoms with Crippen molar-refractivity contribution >= 4 is 11.4 Å². The highest BCUT2D eigenvalue weighted by Crippen LogP contribution is 2.27. The summed E-state index contributed by atoms with van der Waals surface area (Å²) in [5, 5.41) is 3.49. The van der Waals surface area contributed by atoms with Crippen LogP contribution in [0.2, 0.25) is 0 Å². The van der Waals surface area contributed by atoms with Crippen molar-refractivity contribution < 1.29 is 0 Å². The molecule has 0 saturated heterocycles. The minimum Gasteiger partial charge on any atom is -0.356 e. The van der Waals surface area contributed by atoms with Crippen molar-refractivity contribution in [1.29, 1.82) is 0 Å². The third kappa shape index (κ3) is 4.73. The topological polar surface area (TPSA) is 12.0 Å². The minimum atomic E-state index is 0.363. The largest absolute Gasteiger partial charge is 0.356 e. The third-order valence-corrected chi connectivity index (χ3v) is 4.87. The van der Waals surface area contributed by atoms with Crippen LogP contribution in [-0.2, 0) is 6.42 Å². The molecule has 1 heteroatoms. The maximum atomic E-state index is 3.49. The van der Waals surface area contributed by atoms with Gasteiger partial charge in [0.2, 0.25) is 0 Å². The van der Waals surface area contributed by atoms with Crippen LogP contribution in [0.5, 0.6) is 0 Å². The van der Waals surface area contributed by atoms with Crippen LogP contribution in [0.4, 0.5) is 11.4 Å². The van der Waals surface area contributed by atoms with Crippen LogP contribution in [0.15, 0.2) is 78.9 Å². The quantitative estimate of drug-likeness (QED) is 0.509. The van der Waals surface area contributed by atoms with E-state index >= 15 is 0 Å². The second kappa shape index (κ2) is 7.57. The Labute approximate surface area is 151 Å². The fourth-order valence-corrected chi connectivity index (χ4v) is 2.93. The Morgan fingerprint density at radius 1 is 0.680 bits per heavy atom. The molecule has 0 unspecified atom stereocenters. The van der Waals surface area contributed by atoms with Gasteiger partial charge in [-0.15, -0.1) is 0 Å². The molecule has 128 valence electrons. The molecule has 25 heavy (non-hydrogen) atoms. The van der Waals surface area contributed by atoms with E-state index in [0.29, 0.717) is 5.41 Å². The second-order valence-electron chi connectivity index (χ2n) is 7.46. The SMILES string of the molecule is CCC(C)(C)Cc1ccc(Nc2ccc(-c3ccccc3)cc2)cc1. The fourth-order valence-electron chi connectivity index (χ4n) is 2.93. The van der Waals surface area contributed by atoms with E-state index in [1.807, 2.05) is 6.07 Å². The van der Waals surface area contributed by atoms with Crippen molar-refractivity contribution in [2.75, 3.05) is 5.32 Å². The lowest BCUT2D eigenvalue weighted by molar-refractivity contribution is 0.349. The first-order chi connectivity index (χ1) is 12.1. The minimum absolute atomic E-state index is 0.363. The lowest BCUT2D eigenvalue weighted by Crippen LogP contribution is -2.13. The maximum absolute atomic E-state index is 3.49. The van der Waals surface area contributed by atoms with Crippen molar-refractivity contribution in [2.45, 2.75) is 33.6 Å². The molecule has 0 radical (unpaired) electrons. The summed E-state index contributed by atoms with van der Waals surface area (Å²) in [5.74, 6) is 0. The number of anilines is 2. The van der Waals surface area contributed by atoms with Gasteiger partial charge in [-0.3, -0.25) is 0 Å². The summed E-state index contributed by atoms with van der Waals surface area (Å²) < 4.78 is 0. The smallest absolute Gasteiger partial charge is 0.0384 e. The molecule has 0 aliphatic carbocycles. The van der Waals surface area contributed by atoms with Gasteiger partial charge < -0.3 is 5.32 Å². The standard InChI is InChI=1S/C24H27N/c1-4-24(2,3)18-19-10-14-22(15-11-19)25-23-16-12-21(13-17-23)20-8-6-5-7-9-20/h5-17,25H,4,18H2,1-3H3. The molecule has 0 atom stereocenters. The number of hydrogen-bond donors (Lipinski definition) is 1. The molecule has 0 aromatic heterocycles. The maximum Gasteiger partial charge on any atom is 0.0384 e. The molecule has 0 fully saturated rings. The average molecular weight is 329 g/mol. The Hall–Kier alpha value is -2.54. The van der Waals surface area contributed by atoms with Crippen LogP contribution < -0.4 is 5.32 Å². The normalized spacial score (nSPS) is 11.3. The predicted octanol–water partition coefficient (Wildman–Crippen LogP) is 7.08. The lowest BCUT2D eigenvalue weighted by atomic mass is 9.83. The zero-order valence-corrected chi connectivity index (χ0v) is 15.4. The molecule has 1 nitrogen and oxygen atoms in total. The van der Waals surface area contributed by atoms with Crippen molar-refractivity contribution in [3.05, 3.63) is 84.4 Å². The van der Waals surface area contributed by atoms with Crippen molar-refractivity contribution in [3.63, 3.8) is 0 Å². The van der Waals surface area contributed by atoms with Gasteiger partial charge in [0.25, 0.3) is 0 Å². The zero-order valence-electron chi connectivity index (χ0n) is 15.4. The summed E-state index contributed by atoms with van der Waals surface area (Å²) in [4.78, 5) is 0. The first kappa shape index (κ1) is 17.3. The van der Waals surface area contributed by atoms with Gasteiger partial charge in [-0.05, 0) is 52.8 Å². The van der Waals surface area contributed by atoms with E-state index < -0.39 is 0 Å². The molecule has 0 aliphatic rings. The Bertz CT molecular complexity index is 784. The third-order valence-electron chi connectivity index (χ3n) is 4.87. The number of benzene rings is 3. The highest BCUT2D eigenvalue weighted by Gasteiger charge is 2.15. The van der Waals surface area contributed by atoms with Gasteiger partial charge in [-0.2, -0.15) is 0 Å². The highest BCUT2D eigenvalue weighted by molar-refractivity contribution is 5.68. The summed E-state index contributed by atoms with van der Waals surface area (Å²) in [5.41, 5.74) is 6.49. The first-order valence-corrected chi connectivity index (χ1v) is 9.07. The summed E-state index contributed by atoms with van der Waals surface area (Å²) in [7, 11) is 0. The van der Waals surface area contributed by atoms with Gasteiger partial charge in [0.15, 0.2) is 0 Å². The van der Waals surface area contributed by atoms with Gasteiger partial charge in [-0.25, -0.2) is 0 Å². The van der Waals surface area contributed by atoms with Crippen LogP contribution in [-0.4, -0.2) is 0 Å². The van der Waals surface area contributed by atoms with Gasteiger partial charge in [0.05, 0.1) is 0 Å². The van der Waals surface area contributed by atoms with Gasteiger partial charge >= 0.3 is 0 Å². The molecule has 1 N–H and O–H groups in total. The predicted molar refractivity (Wildman–Crippen MR) is 109 cm³/mol. The van der Waals surface area contributed by atoms with Crippen molar-refractivity contribution in [3.8, 4) is 11.1 Å². The Morgan fingerprint density at radius 3 is 1.76 bits per heavy atom. The molecule has 0 aliphatic heterocycles. The van der Waals surface area contributed by atoms with Crippen LogP contribution in [0, 0.1) is 5.41 Å². The zero-order chi connectivity index (χ0) is 17.7. The Kier molecular flexibility index (Phi) is 5.23. The van der Waals surface area contributed by atoms with E-state index in [1.54, 1.807) is 0 Å². The Balaban J connectivity index is 1.66. The summed E-state index contributed by atoms with van der Waals surface area (Å²) in [6.07, 6.45) is 2.32. The van der Waals surface area contributed by atoms with Crippen LogP contribution >= 0.6 is 0 Å². The fraction of sp³-hybridized carbons (Fsp3) is 0.250. The molecule has 3 aromatic rings. The molecule has 3 aromatic carbocycles. The Morgan fingerprint density at radius 2 is 1.20 bits per heavy atom. The highest BCUT2D eigenvalue weighted by atomic mass is 14.9. The van der Waals surface area contributed by atoms with Gasteiger partial charge in [-0.1, -0.05) is 81.8 Å². The van der Waals surface area contributed by atoms with Crippen LogP contribution in [0.3, 0.4) is 0 Å². The van der Waals surface area contributed by atoms with E-state index in [-0.39, 0.29) is 0 Å². The van der Waals surface area contributed by atoms with E-state index in [1.165, 1.54) is 23.1 Å². The van der Waals surface area contributed by atoms with Crippen molar-refractivity contribution in [1.82, 2.24) is 0 Å². The van der Waals surface area contributed by atoms with Crippen LogP contribution in [0.1, 0.15) is 32.8 Å². The van der Waals surface area contributed by atoms with E-state index in [2.05, 4.69) is 98.9 Å². The second-order valence-corrected chi connectivity index (χ2v) is 7.46. The molecule has 0 saturated carbocycles. The van der Waals surface area contributed by atoms with Gasteiger partial charge in [0, 0.05) is 11.4 Å². The van der Waals surface area contributed by atoms with Crippen LogP contribution in [0.25, 0.3) is 11.1 Å². The molecule has 0 amide bonds. The molecular weight excluding hydrogens is 302 g/mol. The summed E-state index contributed by atoms with van der Waals surface area (Å²) in [6.45, 7) is 6.91. The average Bonchev–Trinajstić information content (AvgIpc) is 2.64. The van der Waals surface area contributed by atoms with E-state index in [0.717, 1.165) is 17.8 Å². The monoisotopic (exact) mass is 329 g/mol. The van der Waals surface area contributed by atoms with E-state index in [9.17, 15) is 0 Å². The molecular formula is C24H27N. The molecule has 0 bridgehead atoms. The summed E-state index contributed by atoms with van der Waals surface area (Å²) >= 11 is 0. The number of rotatable bonds is 6. The lowest BCUT2D eigenvalue weighted by Gasteiger charge is -2.22. The first-order valence-electron chi connectivity index (χ1n) is 9.07. The van der Waals surface area contributed by atoms with Crippen molar-refractivity contribution in [2.24, 2.45) is 5.41 Å². The summed E-state index contributed by atoms with van der Waals surface area (Å²) in [6, 6.07) is 27.9. The molecule has 0 spiro atoms. The number of hydrogen-bond acceptors (Lipinski definition) is 1. The van der Waals surface area contributed by atoms with Gasteiger partial charge in [0.1, 0.15) is 0 Å². The molecule has 0 heterocycles.